The zero-order valence-electron chi connectivity index (χ0n) is 36.5. The Morgan fingerprint density at radius 2 is 1.49 bits per heavy atom. The lowest BCUT2D eigenvalue weighted by atomic mass is 9.89. The molecule has 1 aliphatic rings. The van der Waals surface area contributed by atoms with Gasteiger partial charge < -0.3 is 39.8 Å². The quantitative estimate of drug-likeness (QED) is 0.0191. The Balaban J connectivity index is 1.69. The molecule has 0 amide bonds. The Hall–Kier alpha value is -2.35. The first-order chi connectivity index (χ1) is 28.3. The van der Waals surface area contributed by atoms with Crippen LogP contribution >= 0.6 is 7.82 Å². The Morgan fingerprint density at radius 1 is 0.831 bits per heavy atom. The number of furan rings is 1. The van der Waals surface area contributed by atoms with Crippen LogP contribution in [0.4, 0.5) is 0 Å². The van der Waals surface area contributed by atoms with Gasteiger partial charge in [-0.15, -0.1) is 0 Å². The number of aliphatic hydroxyl groups excluding tert-OH is 3. The molecular formula is C45H78NO12P. The highest BCUT2D eigenvalue weighted by Gasteiger charge is 2.39. The first-order valence-electron chi connectivity index (χ1n) is 22.4. The Labute approximate surface area is 354 Å². The number of hydrogen-bond acceptors (Lipinski definition) is 12. The van der Waals surface area contributed by atoms with Crippen molar-refractivity contribution in [1.29, 1.82) is 0 Å². The molecule has 13 nitrogen and oxygen atoms in total. The molecule has 1 aliphatic carbocycles. The van der Waals surface area contributed by atoms with Gasteiger partial charge >= 0.3 is 19.8 Å². The van der Waals surface area contributed by atoms with E-state index in [2.05, 4.69) is 27.7 Å². The van der Waals surface area contributed by atoms with Gasteiger partial charge in [0.1, 0.15) is 18.1 Å². The highest BCUT2D eigenvalue weighted by molar-refractivity contribution is 7.47. The maximum atomic E-state index is 12.7. The van der Waals surface area contributed by atoms with E-state index in [1.165, 1.54) is 11.1 Å². The van der Waals surface area contributed by atoms with Crippen LogP contribution < -0.4 is 5.73 Å². The third-order valence-corrected chi connectivity index (χ3v) is 12.1. The summed E-state index contributed by atoms with van der Waals surface area (Å²) in [4.78, 5) is 35.2. The van der Waals surface area contributed by atoms with Gasteiger partial charge in [-0.1, -0.05) is 95.9 Å². The molecular weight excluding hydrogens is 777 g/mol. The van der Waals surface area contributed by atoms with Crippen LogP contribution in [0.1, 0.15) is 158 Å². The highest BCUT2D eigenvalue weighted by atomic mass is 31.2. The summed E-state index contributed by atoms with van der Waals surface area (Å²) in [6, 6.07) is 0. The third-order valence-electron chi connectivity index (χ3n) is 11.1. The fraction of sp³-hybridized carbons (Fsp3) is 0.778. The second-order valence-corrected chi connectivity index (χ2v) is 17.6. The summed E-state index contributed by atoms with van der Waals surface area (Å²) in [5.74, 6) is 0.806. The van der Waals surface area contributed by atoms with E-state index in [4.69, 9.17) is 28.7 Å². The van der Waals surface area contributed by atoms with E-state index in [1.807, 2.05) is 18.2 Å². The Morgan fingerprint density at radius 3 is 2.17 bits per heavy atom. The van der Waals surface area contributed by atoms with Crippen molar-refractivity contribution >= 4 is 19.8 Å². The van der Waals surface area contributed by atoms with E-state index < -0.39 is 50.8 Å². The smallest absolute Gasteiger partial charge is 0.466 e. The van der Waals surface area contributed by atoms with Gasteiger partial charge in [0.25, 0.3) is 0 Å². The molecule has 6 N–H and O–H groups in total. The second-order valence-electron chi connectivity index (χ2n) is 16.1. The van der Waals surface area contributed by atoms with Crippen molar-refractivity contribution in [2.75, 3.05) is 26.4 Å². The minimum atomic E-state index is -4.45. The molecule has 1 unspecified atom stereocenters. The maximum Gasteiger partial charge on any atom is 0.472 e. The van der Waals surface area contributed by atoms with Crippen molar-refractivity contribution in [1.82, 2.24) is 0 Å². The van der Waals surface area contributed by atoms with Crippen molar-refractivity contribution in [2.45, 2.75) is 187 Å². The zero-order valence-corrected chi connectivity index (χ0v) is 37.4. The predicted molar refractivity (Wildman–Crippen MR) is 230 cm³/mol. The predicted octanol–water partition coefficient (Wildman–Crippen LogP) is 8.42. The lowest BCUT2D eigenvalue weighted by Gasteiger charge is -2.20. The van der Waals surface area contributed by atoms with Crippen LogP contribution in [0, 0.1) is 25.7 Å². The largest absolute Gasteiger partial charge is 0.472 e. The van der Waals surface area contributed by atoms with E-state index in [9.17, 15) is 34.4 Å². The molecule has 1 fully saturated rings. The molecule has 0 radical (unpaired) electrons. The van der Waals surface area contributed by atoms with Crippen LogP contribution in [0.3, 0.4) is 0 Å². The summed E-state index contributed by atoms with van der Waals surface area (Å²) in [5, 5.41) is 31.3. The molecule has 7 atom stereocenters. The number of unbranched alkanes of at least 4 members (excludes halogenated alkanes) is 10. The van der Waals surface area contributed by atoms with Crippen molar-refractivity contribution in [2.24, 2.45) is 17.6 Å². The Bertz CT molecular complexity index is 1410. The number of hydrogen-bond donors (Lipinski definition) is 5. The highest BCUT2D eigenvalue weighted by Crippen LogP contribution is 2.43. The number of rotatable bonds is 34. The number of aryl methyl sites for hydroxylation is 2. The minimum Gasteiger partial charge on any atom is -0.466 e. The molecule has 0 spiro atoms. The topological polar surface area (TPSA) is 208 Å². The number of phosphoric acid groups is 1. The van der Waals surface area contributed by atoms with Crippen molar-refractivity contribution < 1.29 is 57.3 Å². The van der Waals surface area contributed by atoms with Crippen LogP contribution in [0.15, 0.2) is 28.7 Å². The van der Waals surface area contributed by atoms with Crippen LogP contribution in [0.25, 0.3) is 0 Å². The fourth-order valence-corrected chi connectivity index (χ4v) is 8.20. The third kappa shape index (κ3) is 22.4. The molecule has 14 heteroatoms. The molecule has 0 aromatic carbocycles. The molecule has 1 heterocycles. The van der Waals surface area contributed by atoms with E-state index >= 15 is 0 Å². The standard InChI is InChI=1S/C45H78NO12P/c1-5-7-16-22-36(47)27-28-39-38(40(48)31-41(39)49)23-17-14-15-19-25-44(50)54-32-37(33-56-59(52,53)55-30-29-46)57-45(51)26-20-13-11-9-8-10-12-18-24-43-35(4)34(3)42(58-43)21-6-2/h14,17,27-28,36-41,47-49H,5-13,15-16,18-26,29-33,46H2,1-4H3,(H,52,53)/b17-14+,28-27+/t36-,37+,38+,39+,40-,41+/m0/s1. The lowest BCUT2D eigenvalue weighted by Crippen LogP contribution is -2.29. The number of esters is 2. The summed E-state index contributed by atoms with van der Waals surface area (Å²) in [6.07, 6.45) is 21.6. The summed E-state index contributed by atoms with van der Waals surface area (Å²) in [6.45, 7) is 7.54. The summed E-state index contributed by atoms with van der Waals surface area (Å²) in [5.41, 5.74) is 7.94. The normalized spacial score (nSPS) is 20.4. The average Bonchev–Trinajstić information content (AvgIpc) is 3.63. The van der Waals surface area contributed by atoms with Gasteiger partial charge in [-0.05, 0) is 75.8 Å². The van der Waals surface area contributed by atoms with Gasteiger partial charge in [-0.25, -0.2) is 4.57 Å². The van der Waals surface area contributed by atoms with E-state index in [0.29, 0.717) is 32.1 Å². The SMILES string of the molecule is CCCCC[C@H](O)/C=C/[C@@H]1[C@@H](C/C=C/CCCC(=O)OC[C@H](COP(=O)(O)OCCN)OC(=O)CCCCCCCCCCc2oc(CCC)c(C)c2C)[C@@H](O)C[C@H]1O. The molecule has 1 aromatic heterocycles. The van der Waals surface area contributed by atoms with Crippen molar-refractivity contribution in [3.8, 4) is 0 Å². The number of allylic oxidation sites excluding steroid dienone is 2. The summed E-state index contributed by atoms with van der Waals surface area (Å²) < 4.78 is 38.9. The monoisotopic (exact) mass is 856 g/mol. The number of ether oxygens (including phenoxy) is 2. The maximum absolute atomic E-state index is 12.7. The first kappa shape index (κ1) is 52.8. The number of carbonyl (C=O) groups is 2. The number of phosphoric ester groups is 1. The Kier molecular flexibility index (Phi) is 27.4. The number of nitrogens with two attached hydrogens (primary N) is 1. The molecule has 2 rings (SSSR count). The molecule has 0 saturated heterocycles. The van der Waals surface area contributed by atoms with E-state index in [-0.39, 0.29) is 50.9 Å². The summed E-state index contributed by atoms with van der Waals surface area (Å²) in [7, 11) is -4.45. The van der Waals surface area contributed by atoms with Gasteiger partial charge in [-0.3, -0.25) is 18.6 Å². The number of aliphatic hydroxyl groups is 3. The molecule has 59 heavy (non-hydrogen) atoms. The van der Waals surface area contributed by atoms with Crippen LogP contribution in [0.2, 0.25) is 0 Å². The summed E-state index contributed by atoms with van der Waals surface area (Å²) >= 11 is 0. The molecule has 0 aliphatic heterocycles. The van der Waals surface area contributed by atoms with Gasteiger partial charge in [0.15, 0.2) is 6.10 Å². The van der Waals surface area contributed by atoms with E-state index in [1.54, 1.807) is 6.08 Å². The van der Waals surface area contributed by atoms with Crippen LogP contribution in [0.5, 0.6) is 0 Å². The van der Waals surface area contributed by atoms with Gasteiger partial charge in [-0.2, -0.15) is 0 Å². The molecule has 340 valence electrons. The zero-order chi connectivity index (χ0) is 43.5. The van der Waals surface area contributed by atoms with Gasteiger partial charge in [0.2, 0.25) is 0 Å². The molecule has 0 bridgehead atoms. The van der Waals surface area contributed by atoms with Gasteiger partial charge in [0, 0.05) is 44.6 Å². The minimum absolute atomic E-state index is 0.0119. The van der Waals surface area contributed by atoms with Crippen LogP contribution in [-0.2, 0) is 45.5 Å². The van der Waals surface area contributed by atoms with Crippen molar-refractivity contribution in [3.05, 3.63) is 47.0 Å². The lowest BCUT2D eigenvalue weighted by molar-refractivity contribution is -0.161. The molecule has 1 aromatic rings. The fourth-order valence-electron chi connectivity index (χ4n) is 7.44. The first-order valence-corrected chi connectivity index (χ1v) is 23.9. The molecule has 1 saturated carbocycles. The average molecular weight is 856 g/mol. The second kappa shape index (κ2) is 30.6. The van der Waals surface area contributed by atoms with Crippen LogP contribution in [-0.4, -0.2) is 82.9 Å². The van der Waals surface area contributed by atoms with Gasteiger partial charge in [0.05, 0.1) is 31.5 Å². The van der Waals surface area contributed by atoms with Crippen molar-refractivity contribution in [3.63, 3.8) is 0 Å². The number of carbonyl (C=O) groups excluding carboxylic acids is 2. The van der Waals surface area contributed by atoms with E-state index in [0.717, 1.165) is 95.0 Å².